The normalized spacial score (nSPS) is 11.5. The van der Waals surface area contributed by atoms with Gasteiger partial charge in [0.1, 0.15) is 0 Å². The molecule has 0 fully saturated rings. The van der Waals surface area contributed by atoms with Gasteiger partial charge in [0.25, 0.3) is 0 Å². The van der Waals surface area contributed by atoms with Crippen LogP contribution in [-0.2, 0) is 0 Å². The van der Waals surface area contributed by atoms with E-state index in [1.165, 1.54) is 61.0 Å². The van der Waals surface area contributed by atoms with E-state index in [4.69, 9.17) is 0 Å². The fraction of sp³-hybridized carbons (Fsp3) is 0.0588. The third-order valence-electron chi connectivity index (χ3n) is 7.44. The van der Waals surface area contributed by atoms with Crippen LogP contribution in [0.3, 0.4) is 0 Å². The Morgan fingerprint density at radius 2 is 1.24 bits per heavy atom. The predicted octanol–water partition coefficient (Wildman–Crippen LogP) is 8.80. The van der Waals surface area contributed by atoms with Crippen LogP contribution in [0.25, 0.3) is 44.1 Å². The summed E-state index contributed by atoms with van der Waals surface area (Å²) in [6, 6.07) is 43.6. The van der Waals surface area contributed by atoms with Gasteiger partial charge in [0.05, 0.1) is 16.6 Å². The average Bonchev–Trinajstić information content (AvgIpc) is 3.53. The number of aryl methyl sites for hydroxylation is 1. The molecule has 178 valence electrons. The SMILES string of the molecule is Cc1ccc(-n2c3ccc(N(C)c4ccccc4)cc3c3ccc4c(ccn4-c4ccccc4)c32)cc1. The zero-order valence-electron chi connectivity index (χ0n) is 21.0. The summed E-state index contributed by atoms with van der Waals surface area (Å²) >= 11 is 0. The van der Waals surface area contributed by atoms with Crippen molar-refractivity contribution in [2.45, 2.75) is 6.92 Å². The predicted molar refractivity (Wildman–Crippen MR) is 157 cm³/mol. The van der Waals surface area contributed by atoms with Gasteiger partial charge >= 0.3 is 0 Å². The topological polar surface area (TPSA) is 13.1 Å². The number of rotatable bonds is 4. The molecule has 0 saturated heterocycles. The van der Waals surface area contributed by atoms with Crippen molar-refractivity contribution in [3.8, 4) is 11.4 Å². The number of anilines is 2. The Kier molecular flexibility index (Phi) is 4.90. The zero-order valence-corrected chi connectivity index (χ0v) is 21.0. The molecule has 0 spiro atoms. The van der Waals surface area contributed by atoms with Crippen LogP contribution >= 0.6 is 0 Å². The summed E-state index contributed by atoms with van der Waals surface area (Å²) in [7, 11) is 2.13. The molecule has 0 saturated carbocycles. The zero-order chi connectivity index (χ0) is 24.9. The van der Waals surface area contributed by atoms with E-state index in [2.05, 4.69) is 156 Å². The van der Waals surface area contributed by atoms with Crippen LogP contribution in [0.4, 0.5) is 11.4 Å². The maximum Gasteiger partial charge on any atom is 0.0635 e. The molecule has 3 nitrogen and oxygen atoms in total. The molecule has 3 heteroatoms. The summed E-state index contributed by atoms with van der Waals surface area (Å²) in [5.74, 6) is 0. The Morgan fingerprint density at radius 1 is 0.541 bits per heavy atom. The largest absolute Gasteiger partial charge is 0.345 e. The van der Waals surface area contributed by atoms with Crippen LogP contribution < -0.4 is 4.90 Å². The third kappa shape index (κ3) is 3.43. The number of benzene rings is 5. The number of nitrogens with zero attached hydrogens (tertiary/aromatic N) is 3. The van der Waals surface area contributed by atoms with Crippen molar-refractivity contribution in [1.29, 1.82) is 0 Å². The van der Waals surface area contributed by atoms with Gasteiger partial charge in [-0.15, -0.1) is 0 Å². The lowest BCUT2D eigenvalue weighted by Gasteiger charge is -2.19. The maximum absolute atomic E-state index is 2.42. The van der Waals surface area contributed by atoms with Gasteiger partial charge in [-0.2, -0.15) is 0 Å². The molecule has 2 heterocycles. The lowest BCUT2D eigenvalue weighted by atomic mass is 10.1. The van der Waals surface area contributed by atoms with Crippen molar-refractivity contribution in [3.05, 3.63) is 133 Å². The first-order chi connectivity index (χ1) is 18.2. The second-order valence-corrected chi connectivity index (χ2v) is 9.68. The third-order valence-corrected chi connectivity index (χ3v) is 7.44. The highest BCUT2D eigenvalue weighted by Crippen LogP contribution is 2.39. The summed E-state index contributed by atoms with van der Waals surface area (Å²) in [6.07, 6.45) is 2.19. The van der Waals surface area contributed by atoms with Gasteiger partial charge in [-0.1, -0.05) is 60.2 Å². The Labute approximate surface area is 216 Å². The maximum atomic E-state index is 2.42. The van der Waals surface area contributed by atoms with Crippen molar-refractivity contribution in [2.75, 3.05) is 11.9 Å². The highest BCUT2D eigenvalue weighted by molar-refractivity contribution is 6.19. The molecule has 0 radical (unpaired) electrons. The summed E-state index contributed by atoms with van der Waals surface area (Å²) in [5.41, 5.74) is 9.61. The fourth-order valence-corrected chi connectivity index (χ4v) is 5.50. The molecule has 0 atom stereocenters. The summed E-state index contributed by atoms with van der Waals surface area (Å²) in [5, 5.41) is 3.76. The Hall–Kier alpha value is -4.76. The number of hydrogen-bond acceptors (Lipinski definition) is 1. The van der Waals surface area contributed by atoms with E-state index < -0.39 is 0 Å². The summed E-state index contributed by atoms with van der Waals surface area (Å²) in [4.78, 5) is 2.25. The van der Waals surface area contributed by atoms with Crippen LogP contribution in [-0.4, -0.2) is 16.2 Å². The molecule has 0 amide bonds. The van der Waals surface area contributed by atoms with Crippen molar-refractivity contribution < 1.29 is 0 Å². The van der Waals surface area contributed by atoms with Crippen molar-refractivity contribution in [1.82, 2.24) is 9.13 Å². The van der Waals surface area contributed by atoms with Gasteiger partial charge in [-0.05, 0) is 73.7 Å². The number of aromatic nitrogens is 2. The van der Waals surface area contributed by atoms with Crippen LogP contribution in [0, 0.1) is 6.92 Å². The molecule has 0 N–H and O–H groups in total. The monoisotopic (exact) mass is 477 g/mol. The smallest absolute Gasteiger partial charge is 0.0635 e. The molecular weight excluding hydrogens is 450 g/mol. The van der Waals surface area contributed by atoms with Crippen LogP contribution in [0.2, 0.25) is 0 Å². The van der Waals surface area contributed by atoms with Crippen LogP contribution in [0.15, 0.2) is 128 Å². The Morgan fingerprint density at radius 3 is 2.00 bits per heavy atom. The first kappa shape index (κ1) is 21.5. The minimum atomic E-state index is 1.17. The van der Waals surface area contributed by atoms with Crippen LogP contribution in [0.1, 0.15) is 5.56 Å². The van der Waals surface area contributed by atoms with Crippen LogP contribution in [0.5, 0.6) is 0 Å². The molecule has 0 aliphatic carbocycles. The van der Waals surface area contributed by atoms with E-state index in [9.17, 15) is 0 Å². The molecule has 2 aromatic heterocycles. The second kappa shape index (κ2) is 8.42. The Bertz CT molecular complexity index is 1880. The van der Waals surface area contributed by atoms with Crippen molar-refractivity contribution in [2.24, 2.45) is 0 Å². The number of hydrogen-bond donors (Lipinski definition) is 0. The molecule has 37 heavy (non-hydrogen) atoms. The Balaban J connectivity index is 1.53. The van der Waals surface area contributed by atoms with Gasteiger partial charge in [-0.3, -0.25) is 0 Å². The molecule has 0 aliphatic rings. The van der Waals surface area contributed by atoms with E-state index in [0.717, 1.165) is 0 Å². The van der Waals surface area contributed by atoms with Gasteiger partial charge in [0.2, 0.25) is 0 Å². The molecule has 0 bridgehead atoms. The molecule has 7 rings (SSSR count). The molecule has 0 aliphatic heterocycles. The van der Waals surface area contributed by atoms with Gasteiger partial charge in [0.15, 0.2) is 0 Å². The van der Waals surface area contributed by atoms with E-state index in [-0.39, 0.29) is 0 Å². The van der Waals surface area contributed by atoms with Gasteiger partial charge in [-0.25, -0.2) is 0 Å². The van der Waals surface area contributed by atoms with E-state index in [1.807, 2.05) is 0 Å². The van der Waals surface area contributed by atoms with Crippen molar-refractivity contribution >= 4 is 44.1 Å². The lowest BCUT2D eigenvalue weighted by Crippen LogP contribution is -2.08. The molecule has 0 unspecified atom stereocenters. The molecular formula is C34H27N3. The van der Waals surface area contributed by atoms with Gasteiger partial charge in [0, 0.05) is 52.2 Å². The fourth-order valence-electron chi connectivity index (χ4n) is 5.50. The number of fused-ring (bicyclic) bond motifs is 5. The summed E-state index contributed by atoms with van der Waals surface area (Å²) in [6.45, 7) is 2.14. The van der Waals surface area contributed by atoms with E-state index >= 15 is 0 Å². The highest BCUT2D eigenvalue weighted by atomic mass is 15.1. The second-order valence-electron chi connectivity index (χ2n) is 9.68. The lowest BCUT2D eigenvalue weighted by molar-refractivity contribution is 1.13. The minimum Gasteiger partial charge on any atom is -0.345 e. The standard InChI is InChI=1S/C34H27N3/c1-24-13-15-27(16-14-24)37-33-19-17-28(35(2)25-9-5-3-6-10-25)23-31(33)29-18-20-32-30(34(29)37)21-22-36(32)26-11-7-4-8-12-26/h3-23H,1-2H3. The highest BCUT2D eigenvalue weighted by Gasteiger charge is 2.18. The van der Waals surface area contributed by atoms with E-state index in [0.29, 0.717) is 0 Å². The first-order valence-corrected chi connectivity index (χ1v) is 12.7. The van der Waals surface area contributed by atoms with E-state index in [1.54, 1.807) is 0 Å². The van der Waals surface area contributed by atoms with Crippen molar-refractivity contribution in [3.63, 3.8) is 0 Å². The number of para-hydroxylation sites is 2. The molecule has 7 aromatic rings. The summed E-state index contributed by atoms with van der Waals surface area (Å²) < 4.78 is 4.70. The average molecular weight is 478 g/mol. The first-order valence-electron chi connectivity index (χ1n) is 12.7. The van der Waals surface area contributed by atoms with Gasteiger partial charge < -0.3 is 14.0 Å². The minimum absolute atomic E-state index is 1.17. The molecule has 5 aromatic carbocycles. The quantitative estimate of drug-likeness (QED) is 0.247.